The van der Waals surface area contributed by atoms with Gasteiger partial charge in [-0.25, -0.2) is 29.0 Å². The van der Waals surface area contributed by atoms with Crippen molar-refractivity contribution in [1.29, 1.82) is 21.6 Å². The zero-order valence-electron chi connectivity index (χ0n) is 78.3. The SMILES string of the molecule is Cc1cn([C@H]2C[C@H](NC(=N)NC[C@H]3O[C@@H](n4cc(C)c(=O)[nH]c4=O)C[C@@H]3NC(=N)NC[C@H]3O[C@@H](n4cc(C)c(=O)[nH]c4=O)C[C@@H]3O)[C@@H](CNC(=N)N[C@H]3C[C@H](n4cc(C)c(=O)[nH]c4=O)O[C@@H]3CNC(=N)N[C@H]3C[C@H](n4cc(C)c(=O)[nH]c4=O)O[C@@H]3CNC(=O)CCCCCNC(=O)CCCCCNC(=O)CCCOc3nc4ccc(-c5nc6ccc(N7CCN(C)CC7)cc6[nH]5)cc4[nH]3)O2)c(=O)[nH]c1=O. The van der Waals surface area contributed by atoms with Crippen molar-refractivity contribution in [2.24, 2.45) is 0 Å². The van der Waals surface area contributed by atoms with E-state index in [2.05, 4.69) is 133 Å². The molecule has 6 fully saturated rings. The monoisotopic (exact) mass is 1940 g/mol. The molecule has 0 spiro atoms. The predicted molar refractivity (Wildman–Crippen MR) is 511 cm³/mol. The average molecular weight is 1950 g/mol. The van der Waals surface area contributed by atoms with Crippen LogP contribution in [0, 0.1) is 56.3 Å². The summed E-state index contributed by atoms with van der Waals surface area (Å²) >= 11 is 0. The molecule has 752 valence electrons. The summed E-state index contributed by atoms with van der Waals surface area (Å²) in [7, 11) is 2.14. The number of imidazole rings is 2. The number of aromatic nitrogens is 14. The third-order valence-electron chi connectivity index (χ3n) is 25.8. The van der Waals surface area contributed by atoms with Crippen molar-refractivity contribution in [3.05, 3.63) is 199 Å². The smallest absolute Gasteiger partial charge is 0.330 e. The maximum absolute atomic E-state index is 13.5. The second kappa shape index (κ2) is 45.0. The summed E-state index contributed by atoms with van der Waals surface area (Å²) in [6, 6.07) is 9.41. The maximum Gasteiger partial charge on any atom is 0.330 e. The number of unbranched alkanes of at least 4 members (excludes halogenated alkanes) is 4. The molecule has 15 rings (SSSR count). The molecular weight excluding hydrogens is 1820 g/mol. The van der Waals surface area contributed by atoms with Gasteiger partial charge < -0.3 is 112 Å². The molecule has 23 N–H and O–H groups in total. The molecule has 51 heteroatoms. The molecule has 9 aromatic rings. The number of carbonyl (C=O) groups is 3. The molecule has 140 heavy (non-hydrogen) atoms. The Bertz CT molecular complexity index is 6690. The zero-order chi connectivity index (χ0) is 99.3. The number of piperazine rings is 1. The highest BCUT2D eigenvalue weighted by molar-refractivity contribution is 5.86. The topological polar surface area (TPSA) is 693 Å². The lowest BCUT2D eigenvalue weighted by atomic mass is 10.1. The summed E-state index contributed by atoms with van der Waals surface area (Å²) in [5.74, 6) is -0.847. The molecule has 6 saturated heterocycles. The fourth-order valence-corrected chi connectivity index (χ4v) is 17.9. The summed E-state index contributed by atoms with van der Waals surface area (Å²) < 4.78 is 43.7. The van der Waals surface area contributed by atoms with Crippen LogP contribution in [0.5, 0.6) is 6.01 Å². The van der Waals surface area contributed by atoms with Crippen molar-refractivity contribution >= 4 is 69.3 Å². The van der Waals surface area contributed by atoms with Crippen LogP contribution in [0.25, 0.3) is 33.5 Å². The number of aryl methyl sites for hydroxylation is 5. The van der Waals surface area contributed by atoms with Crippen molar-refractivity contribution in [1.82, 2.24) is 131 Å². The van der Waals surface area contributed by atoms with Gasteiger partial charge in [0.2, 0.25) is 17.7 Å². The molecule has 51 nitrogen and oxygen atoms in total. The molecule has 0 saturated carbocycles. The van der Waals surface area contributed by atoms with Crippen molar-refractivity contribution in [2.75, 3.05) is 90.5 Å². The fourth-order valence-electron chi connectivity index (χ4n) is 17.9. The number of carbonyl (C=O) groups excluding carboxylic acids is 3. The summed E-state index contributed by atoms with van der Waals surface area (Å²) in [5.41, 5.74) is -0.288. The molecule has 7 aromatic heterocycles. The number of aliphatic hydroxyl groups excluding tert-OH is 1. The second-order valence-electron chi connectivity index (χ2n) is 36.2. The summed E-state index contributed by atoms with van der Waals surface area (Å²) in [6.45, 7) is 12.1. The molecule has 3 amide bonds. The Labute approximate surface area is 796 Å². The van der Waals surface area contributed by atoms with Crippen molar-refractivity contribution in [3.8, 4) is 17.4 Å². The Morgan fingerprint density at radius 1 is 0.400 bits per heavy atom. The largest absolute Gasteiger partial charge is 0.465 e. The zero-order valence-corrected chi connectivity index (χ0v) is 78.3. The van der Waals surface area contributed by atoms with Gasteiger partial charge in [0, 0.05) is 193 Å². The summed E-state index contributed by atoms with van der Waals surface area (Å²) in [4.78, 5) is 199. The Morgan fingerprint density at radius 2 is 0.743 bits per heavy atom. The van der Waals surface area contributed by atoms with Crippen LogP contribution in [0.3, 0.4) is 0 Å². The van der Waals surface area contributed by atoms with E-state index in [1.165, 1.54) is 94.1 Å². The van der Waals surface area contributed by atoms with Crippen LogP contribution in [0.4, 0.5) is 5.69 Å². The van der Waals surface area contributed by atoms with Gasteiger partial charge in [0.1, 0.15) is 43.1 Å². The van der Waals surface area contributed by atoms with E-state index in [1.54, 1.807) is 0 Å². The van der Waals surface area contributed by atoms with Crippen LogP contribution in [0.15, 0.2) is 115 Å². The molecule has 15 atom stereocenters. The lowest BCUT2D eigenvalue weighted by molar-refractivity contribution is -0.122. The number of nitrogens with zero attached hydrogens (tertiary/aromatic N) is 9. The van der Waals surface area contributed by atoms with Gasteiger partial charge in [-0.3, -0.25) is 108 Å². The number of fused-ring (bicyclic) bond motifs is 2. The minimum Gasteiger partial charge on any atom is -0.465 e. The van der Waals surface area contributed by atoms with Gasteiger partial charge in [0.25, 0.3) is 33.8 Å². The van der Waals surface area contributed by atoms with Crippen LogP contribution >= 0.6 is 0 Å². The number of H-pyrrole nitrogens is 7. The van der Waals surface area contributed by atoms with Gasteiger partial charge in [-0.15, -0.1) is 0 Å². The fraction of sp³-hybridized carbons (Fsp3) is 0.539. The number of ether oxygens (including phenoxy) is 6. The first kappa shape index (κ1) is 100. The third-order valence-corrected chi connectivity index (χ3v) is 25.8. The number of hydrogen-bond donors (Lipinski definition) is 23. The van der Waals surface area contributed by atoms with E-state index in [9.17, 15) is 83.7 Å². The highest BCUT2D eigenvalue weighted by atomic mass is 16.5. The molecule has 0 aliphatic carbocycles. The highest BCUT2D eigenvalue weighted by Gasteiger charge is 2.44. The Kier molecular flexibility index (Phi) is 32.2. The van der Waals surface area contributed by atoms with Crippen molar-refractivity contribution < 1.29 is 47.9 Å². The van der Waals surface area contributed by atoms with E-state index in [-0.39, 0.29) is 147 Å². The molecule has 0 bridgehead atoms. The van der Waals surface area contributed by atoms with E-state index in [0.717, 1.165) is 66.1 Å². The number of rotatable bonds is 38. The van der Waals surface area contributed by atoms with E-state index in [4.69, 9.17) is 38.8 Å². The van der Waals surface area contributed by atoms with E-state index in [1.807, 2.05) is 18.2 Å². The number of aliphatic hydroxyl groups is 1. The predicted octanol–water partition coefficient (Wildman–Crippen LogP) is -2.49. The Balaban J connectivity index is 0.499. The van der Waals surface area contributed by atoms with E-state index in [0.29, 0.717) is 70.7 Å². The van der Waals surface area contributed by atoms with E-state index >= 15 is 0 Å². The van der Waals surface area contributed by atoms with E-state index < -0.39 is 148 Å². The number of aromatic amines is 7. The number of guanidine groups is 4. The van der Waals surface area contributed by atoms with Crippen molar-refractivity contribution in [2.45, 2.75) is 223 Å². The number of hydrogen-bond acceptors (Lipinski definition) is 28. The van der Waals surface area contributed by atoms with Gasteiger partial charge in [0.05, 0.1) is 83.4 Å². The van der Waals surface area contributed by atoms with Gasteiger partial charge in [-0.05, 0) is 110 Å². The summed E-state index contributed by atoms with van der Waals surface area (Å²) in [5, 5.41) is 80.8. The molecule has 0 unspecified atom stereocenters. The minimum atomic E-state index is -1.09. The van der Waals surface area contributed by atoms with Crippen LogP contribution < -0.4 is 124 Å². The van der Waals surface area contributed by atoms with Crippen LogP contribution in [0.1, 0.15) is 155 Å². The first-order chi connectivity index (χ1) is 67.1. The Hall–Kier alpha value is -14.4. The highest BCUT2D eigenvalue weighted by Crippen LogP contribution is 2.35. The van der Waals surface area contributed by atoms with Crippen LogP contribution in [-0.2, 0) is 38.1 Å². The quantitative estimate of drug-likeness (QED) is 0.0108. The Morgan fingerprint density at radius 3 is 1.15 bits per heavy atom. The number of benzene rings is 2. The van der Waals surface area contributed by atoms with Crippen LogP contribution in [0.2, 0.25) is 0 Å². The number of likely N-dealkylation sites (N-methyl/N-ethyl adjacent to an activating group) is 1. The minimum absolute atomic E-state index is 0.00470. The molecule has 0 radical (unpaired) electrons. The van der Waals surface area contributed by atoms with Gasteiger partial charge >= 0.3 is 28.4 Å². The number of amides is 3. The number of nitrogens with one attached hydrogen (secondary N) is 22. The first-order valence-corrected chi connectivity index (χ1v) is 46.9. The van der Waals surface area contributed by atoms with Gasteiger partial charge in [-0.2, -0.15) is 4.98 Å². The standard InChI is InChI=1S/C89H121N31O20/c1-45-40-116(85(130)109-75(45)125)69-30-56(61(136-69)35-96-68(124)15-10-8-12-21-94-66(122)14-9-7-11-22-95-67(123)16-13-27-135-84-107-53-19-17-50(28-54(53)108-84)74-101-52-20-18-51(29-55(52)102-74)115-25-23-114(6)24-26-115)103-80(90)97-36-62-57(31-70(137-62)117-41-46(2)76(126)110-86(117)131)104-81(91)98-37-63-58(32-71(138-63)118-42-47(3)77(127)111-87(118)132)105-82(92)99-38-64-59(33-72(139-64)119-43-48(4)78(128)112-88(119)133)106-83(93)100-39-65-60(121)34-73(140-65)120-44-49(5)79(129)113-89(120)134/h17-20,28-29,40-44,56-65,69-73,121H,7-16,21-27,30-39H2,1-6H3,(H,94,122)(H,95,123)(H,96,124)(H,101,102)(H,107,108)(H3,90,97,103)(H3,91,98,104)(H3,92,99,105)(H3,93,100,106)(H,109,125,130)(H,110,126,131)(H,111,127,132)(H,112,128,133)(H,113,129,134)/t56-,57-,58-,59-,60-,61+,62+,63+,64+,65+,69+,70+,71+,72+,73+/m0/s1. The molecule has 6 aliphatic heterocycles. The van der Waals surface area contributed by atoms with Gasteiger partial charge in [0.15, 0.2) is 23.8 Å². The second-order valence-corrected chi connectivity index (χ2v) is 36.2. The molecule has 2 aromatic carbocycles. The summed E-state index contributed by atoms with van der Waals surface area (Å²) in [6.07, 6.45) is 1.17. The average Bonchev–Trinajstić information content (AvgIpc) is 1.64. The lowest BCUT2D eigenvalue weighted by Crippen LogP contribution is -2.55. The van der Waals surface area contributed by atoms with Crippen molar-refractivity contribution in [3.63, 3.8) is 0 Å². The molecular formula is C89H121N31O20. The van der Waals surface area contributed by atoms with Crippen LogP contribution in [-0.4, -0.2) is 266 Å². The lowest BCUT2D eigenvalue weighted by Gasteiger charge is -2.34. The normalized spacial score (nSPS) is 22.9. The maximum atomic E-state index is 13.5. The molecule has 13 heterocycles. The first-order valence-electron chi connectivity index (χ1n) is 46.9. The van der Waals surface area contributed by atoms with Gasteiger partial charge in [-0.1, -0.05) is 12.8 Å². The molecule has 6 aliphatic rings. The third kappa shape index (κ3) is 25.2. The number of anilines is 1.